The monoisotopic (exact) mass is 252 g/mol. The molecule has 1 aliphatic carbocycles. The number of unbranched alkanes of at least 4 members (excludes halogenated alkanes) is 3. The third-order valence-electron chi connectivity index (χ3n) is 5.37. The van der Waals surface area contributed by atoms with Crippen LogP contribution in [0.2, 0.25) is 0 Å². The van der Waals surface area contributed by atoms with Crippen molar-refractivity contribution in [1.29, 1.82) is 0 Å². The van der Waals surface area contributed by atoms with E-state index in [-0.39, 0.29) is 0 Å². The molecule has 1 saturated carbocycles. The molecule has 4 atom stereocenters. The fourth-order valence-corrected chi connectivity index (χ4v) is 4.26. The van der Waals surface area contributed by atoms with Gasteiger partial charge >= 0.3 is 0 Å². The quantitative estimate of drug-likeness (QED) is 0.414. The Bertz CT molecular complexity index is 196. The van der Waals surface area contributed by atoms with Crippen LogP contribution in [-0.2, 0) is 0 Å². The number of rotatable bonds is 9. The second-order valence-electron chi connectivity index (χ2n) is 6.77. The van der Waals surface area contributed by atoms with Crippen molar-refractivity contribution in [3.63, 3.8) is 0 Å². The van der Waals surface area contributed by atoms with E-state index in [1.54, 1.807) is 0 Å². The molecular weight excluding hydrogens is 216 g/mol. The molecule has 18 heavy (non-hydrogen) atoms. The van der Waals surface area contributed by atoms with Crippen molar-refractivity contribution in [3.8, 4) is 0 Å². The molecule has 0 radical (unpaired) electrons. The minimum atomic E-state index is 0.969. The zero-order valence-electron chi connectivity index (χ0n) is 13.4. The molecule has 0 aliphatic heterocycles. The van der Waals surface area contributed by atoms with Crippen LogP contribution in [0.25, 0.3) is 0 Å². The largest absolute Gasteiger partial charge is 0.0654 e. The van der Waals surface area contributed by atoms with Crippen LogP contribution in [0.4, 0.5) is 0 Å². The van der Waals surface area contributed by atoms with Crippen LogP contribution in [0.15, 0.2) is 0 Å². The van der Waals surface area contributed by atoms with E-state index in [0.29, 0.717) is 0 Å². The fourth-order valence-electron chi connectivity index (χ4n) is 4.26. The molecule has 0 aromatic heterocycles. The van der Waals surface area contributed by atoms with Crippen molar-refractivity contribution < 1.29 is 0 Å². The zero-order valence-corrected chi connectivity index (χ0v) is 13.4. The van der Waals surface area contributed by atoms with Gasteiger partial charge in [0.25, 0.3) is 0 Å². The Morgan fingerprint density at radius 3 is 2.22 bits per heavy atom. The molecule has 0 heterocycles. The molecular formula is C18H36. The maximum atomic E-state index is 2.50. The summed E-state index contributed by atoms with van der Waals surface area (Å²) in [5.41, 5.74) is 0. The lowest BCUT2D eigenvalue weighted by molar-refractivity contribution is 0.250. The summed E-state index contributed by atoms with van der Waals surface area (Å²) in [6.45, 7) is 9.61. The van der Waals surface area contributed by atoms with Gasteiger partial charge in [-0.05, 0) is 42.9 Å². The van der Waals surface area contributed by atoms with Gasteiger partial charge in [0.05, 0.1) is 0 Å². The zero-order chi connectivity index (χ0) is 13.4. The third kappa shape index (κ3) is 4.94. The highest BCUT2D eigenvalue weighted by Crippen LogP contribution is 2.44. The van der Waals surface area contributed by atoms with E-state index in [9.17, 15) is 0 Å². The molecule has 0 spiro atoms. The van der Waals surface area contributed by atoms with E-state index in [1.165, 1.54) is 64.2 Å². The fraction of sp³-hybridized carbons (Fsp3) is 1.00. The summed E-state index contributed by atoms with van der Waals surface area (Å²) < 4.78 is 0. The number of hydrogen-bond donors (Lipinski definition) is 0. The molecule has 1 rings (SSSR count). The molecule has 0 N–H and O–H groups in total. The van der Waals surface area contributed by atoms with Gasteiger partial charge in [0.1, 0.15) is 0 Å². The van der Waals surface area contributed by atoms with Crippen molar-refractivity contribution in [1.82, 2.24) is 0 Å². The van der Waals surface area contributed by atoms with Gasteiger partial charge in [0.15, 0.2) is 0 Å². The van der Waals surface area contributed by atoms with Crippen LogP contribution in [0.5, 0.6) is 0 Å². The molecule has 4 unspecified atom stereocenters. The van der Waals surface area contributed by atoms with Crippen molar-refractivity contribution in [3.05, 3.63) is 0 Å². The van der Waals surface area contributed by atoms with E-state index in [4.69, 9.17) is 0 Å². The van der Waals surface area contributed by atoms with Crippen LogP contribution in [0.1, 0.15) is 91.9 Å². The third-order valence-corrected chi connectivity index (χ3v) is 5.37. The van der Waals surface area contributed by atoms with Gasteiger partial charge in [0, 0.05) is 0 Å². The molecule has 0 bridgehead atoms. The van der Waals surface area contributed by atoms with Crippen molar-refractivity contribution in [2.75, 3.05) is 0 Å². The molecule has 1 fully saturated rings. The smallest absolute Gasteiger partial charge is 0.0360 e. The molecule has 0 saturated heterocycles. The SMILES string of the molecule is CCCCCCC(C)CC1CCC(CC)C1CC. The summed E-state index contributed by atoms with van der Waals surface area (Å²) in [4.78, 5) is 0. The van der Waals surface area contributed by atoms with Gasteiger partial charge in [0.2, 0.25) is 0 Å². The molecule has 1 aliphatic rings. The highest BCUT2D eigenvalue weighted by molar-refractivity contribution is 4.84. The van der Waals surface area contributed by atoms with Gasteiger partial charge in [-0.15, -0.1) is 0 Å². The topological polar surface area (TPSA) is 0 Å². The van der Waals surface area contributed by atoms with E-state index >= 15 is 0 Å². The lowest BCUT2D eigenvalue weighted by Crippen LogP contribution is -2.16. The van der Waals surface area contributed by atoms with E-state index in [1.807, 2.05) is 0 Å². The maximum absolute atomic E-state index is 2.50. The molecule has 0 aromatic carbocycles. The second kappa shape index (κ2) is 8.99. The molecule has 0 amide bonds. The molecule has 0 nitrogen and oxygen atoms in total. The van der Waals surface area contributed by atoms with Gasteiger partial charge in [-0.25, -0.2) is 0 Å². The normalized spacial score (nSPS) is 29.7. The van der Waals surface area contributed by atoms with E-state index < -0.39 is 0 Å². The standard InChI is InChI=1S/C18H36/c1-5-8-9-10-11-15(4)14-17-13-12-16(6-2)18(17)7-3/h15-18H,5-14H2,1-4H3. The summed E-state index contributed by atoms with van der Waals surface area (Å²) in [5, 5.41) is 0. The first-order valence-electron chi connectivity index (χ1n) is 8.72. The highest BCUT2D eigenvalue weighted by atomic mass is 14.4. The highest BCUT2D eigenvalue weighted by Gasteiger charge is 2.33. The first-order valence-corrected chi connectivity index (χ1v) is 8.72. The Balaban J connectivity index is 2.24. The van der Waals surface area contributed by atoms with Crippen LogP contribution < -0.4 is 0 Å². The number of hydrogen-bond acceptors (Lipinski definition) is 0. The summed E-state index contributed by atoms with van der Waals surface area (Å²) in [6.07, 6.45) is 14.6. The molecule has 108 valence electrons. The predicted octanol–water partition coefficient (Wildman–Crippen LogP) is 6.45. The summed E-state index contributed by atoms with van der Waals surface area (Å²) >= 11 is 0. The van der Waals surface area contributed by atoms with Crippen molar-refractivity contribution in [2.45, 2.75) is 91.9 Å². The first-order chi connectivity index (χ1) is 8.72. The van der Waals surface area contributed by atoms with Crippen LogP contribution in [-0.4, -0.2) is 0 Å². The Morgan fingerprint density at radius 2 is 1.61 bits per heavy atom. The average Bonchev–Trinajstić information content (AvgIpc) is 2.76. The Morgan fingerprint density at radius 1 is 0.889 bits per heavy atom. The lowest BCUT2D eigenvalue weighted by atomic mass is 9.80. The minimum absolute atomic E-state index is 0.969. The van der Waals surface area contributed by atoms with E-state index in [0.717, 1.165) is 23.7 Å². The summed E-state index contributed by atoms with van der Waals surface area (Å²) in [6, 6.07) is 0. The Kier molecular flexibility index (Phi) is 8.02. The van der Waals surface area contributed by atoms with Crippen molar-refractivity contribution >= 4 is 0 Å². The van der Waals surface area contributed by atoms with Gasteiger partial charge in [-0.2, -0.15) is 0 Å². The van der Waals surface area contributed by atoms with E-state index in [2.05, 4.69) is 27.7 Å². The average molecular weight is 252 g/mol. The van der Waals surface area contributed by atoms with Gasteiger partial charge in [-0.3, -0.25) is 0 Å². The minimum Gasteiger partial charge on any atom is -0.0654 e. The summed E-state index contributed by atoms with van der Waals surface area (Å²) in [5.74, 6) is 4.12. The van der Waals surface area contributed by atoms with Crippen LogP contribution in [0, 0.1) is 23.7 Å². The predicted molar refractivity (Wildman–Crippen MR) is 82.8 cm³/mol. The van der Waals surface area contributed by atoms with Crippen molar-refractivity contribution in [2.24, 2.45) is 23.7 Å². The molecule has 0 heteroatoms. The maximum Gasteiger partial charge on any atom is -0.0360 e. The Labute approximate surface area is 116 Å². The molecule has 0 aromatic rings. The van der Waals surface area contributed by atoms with Crippen LogP contribution >= 0.6 is 0 Å². The van der Waals surface area contributed by atoms with Gasteiger partial charge in [-0.1, -0.05) is 72.6 Å². The Hall–Kier alpha value is 0. The summed E-state index contributed by atoms with van der Waals surface area (Å²) in [7, 11) is 0. The van der Waals surface area contributed by atoms with Gasteiger partial charge < -0.3 is 0 Å². The lowest BCUT2D eigenvalue weighted by Gasteiger charge is -2.25. The van der Waals surface area contributed by atoms with Crippen LogP contribution in [0.3, 0.4) is 0 Å². The second-order valence-corrected chi connectivity index (χ2v) is 6.77. The first kappa shape index (κ1) is 16.1.